The highest BCUT2D eigenvalue weighted by Gasteiger charge is 2.10. The Balaban J connectivity index is 3.21. The largest absolute Gasteiger partial charge is 0.380 e. The van der Waals surface area contributed by atoms with Gasteiger partial charge in [0.05, 0.1) is 6.61 Å². The maximum Gasteiger partial charge on any atom is 0.168 e. The van der Waals surface area contributed by atoms with Gasteiger partial charge in [-0.05, 0) is 6.92 Å². The molecule has 70 valence electrons. The highest BCUT2D eigenvalue weighted by atomic mass is 35.5. The predicted octanol–water partition coefficient (Wildman–Crippen LogP) is 1.40. The van der Waals surface area contributed by atoms with Crippen LogP contribution >= 0.6 is 11.6 Å². The Bertz CT molecular complexity index is 328. The summed E-state index contributed by atoms with van der Waals surface area (Å²) in [6.45, 7) is 1.92. The molecule has 0 aliphatic rings. The minimum atomic E-state index is 0.243. The molecule has 0 aliphatic carbocycles. The molecule has 0 aromatic carbocycles. The van der Waals surface area contributed by atoms with Crippen LogP contribution in [0.1, 0.15) is 21.9 Å². The first-order valence-corrected chi connectivity index (χ1v) is 4.04. The van der Waals surface area contributed by atoms with Crippen LogP contribution in [0.15, 0.2) is 0 Å². The first-order valence-electron chi connectivity index (χ1n) is 3.66. The van der Waals surface area contributed by atoms with Gasteiger partial charge in [-0.2, -0.15) is 0 Å². The molecule has 1 heterocycles. The fourth-order valence-electron chi connectivity index (χ4n) is 0.957. The van der Waals surface area contributed by atoms with Crippen LogP contribution in [0.4, 0.5) is 0 Å². The molecule has 0 unspecified atom stereocenters. The molecular weight excluding hydrogens is 192 g/mol. The average Bonchev–Trinajstić information content (AvgIpc) is 2.09. The van der Waals surface area contributed by atoms with E-state index in [4.69, 9.17) is 16.3 Å². The molecule has 13 heavy (non-hydrogen) atoms. The van der Waals surface area contributed by atoms with Gasteiger partial charge in [0.15, 0.2) is 6.29 Å². The average molecular weight is 201 g/mol. The molecule has 0 amide bonds. The molecule has 0 spiro atoms. The molecule has 0 atom stereocenters. The van der Waals surface area contributed by atoms with E-state index < -0.39 is 0 Å². The molecular formula is C8H9ClN2O2. The van der Waals surface area contributed by atoms with Crippen molar-refractivity contribution in [1.82, 2.24) is 9.97 Å². The second kappa shape index (κ2) is 4.30. The van der Waals surface area contributed by atoms with Crippen molar-refractivity contribution < 1.29 is 9.53 Å². The number of nitrogens with zero attached hydrogens (tertiary/aromatic N) is 2. The summed E-state index contributed by atoms with van der Waals surface area (Å²) in [6.07, 6.45) is 0.648. The van der Waals surface area contributed by atoms with Crippen molar-refractivity contribution in [3.8, 4) is 0 Å². The zero-order valence-corrected chi connectivity index (χ0v) is 8.13. The van der Waals surface area contributed by atoms with E-state index >= 15 is 0 Å². The van der Waals surface area contributed by atoms with E-state index in [1.54, 1.807) is 6.92 Å². The summed E-state index contributed by atoms with van der Waals surface area (Å²) in [6, 6.07) is 0. The summed E-state index contributed by atoms with van der Waals surface area (Å²) >= 11 is 5.80. The summed E-state index contributed by atoms with van der Waals surface area (Å²) in [5.41, 5.74) is 0.823. The minimum absolute atomic E-state index is 0.243. The number of carbonyl (C=O) groups is 1. The summed E-state index contributed by atoms with van der Waals surface area (Å²) in [5, 5.41) is 0.274. The monoisotopic (exact) mass is 200 g/mol. The van der Waals surface area contributed by atoms with Gasteiger partial charge in [-0.15, -0.1) is 0 Å². The van der Waals surface area contributed by atoms with Crippen LogP contribution in [0, 0.1) is 6.92 Å². The molecule has 0 aliphatic heterocycles. The molecule has 0 saturated carbocycles. The maximum absolute atomic E-state index is 10.6. The van der Waals surface area contributed by atoms with E-state index in [9.17, 15) is 4.79 Å². The van der Waals surface area contributed by atoms with E-state index in [1.165, 1.54) is 7.11 Å². The maximum atomic E-state index is 10.6. The first-order chi connectivity index (χ1) is 6.19. The molecule has 0 saturated heterocycles. The van der Waals surface area contributed by atoms with Crippen molar-refractivity contribution in [2.24, 2.45) is 0 Å². The van der Waals surface area contributed by atoms with Gasteiger partial charge >= 0.3 is 0 Å². The van der Waals surface area contributed by atoms with Gasteiger partial charge in [0.1, 0.15) is 16.7 Å². The van der Waals surface area contributed by atoms with Crippen LogP contribution in [0.2, 0.25) is 5.15 Å². The van der Waals surface area contributed by atoms with Gasteiger partial charge in [-0.3, -0.25) is 4.79 Å². The molecule has 1 aromatic rings. The SMILES string of the molecule is COCc1c(Cl)nc(C)nc1C=O. The number of methoxy groups -OCH3 is 1. The summed E-state index contributed by atoms with van der Waals surface area (Å²) in [7, 11) is 1.52. The standard InChI is InChI=1S/C8H9ClN2O2/c1-5-10-7(3-12)6(4-13-2)8(9)11-5/h3H,4H2,1-2H3. The second-order valence-corrected chi connectivity index (χ2v) is 2.83. The number of aryl methyl sites for hydroxylation is 1. The molecule has 4 nitrogen and oxygen atoms in total. The second-order valence-electron chi connectivity index (χ2n) is 2.48. The fraction of sp³-hybridized carbons (Fsp3) is 0.375. The number of ether oxygens (including phenoxy) is 1. The van der Waals surface area contributed by atoms with Crippen molar-refractivity contribution in [1.29, 1.82) is 0 Å². The number of carbonyl (C=O) groups excluding carboxylic acids is 1. The lowest BCUT2D eigenvalue weighted by Gasteiger charge is -2.05. The van der Waals surface area contributed by atoms with E-state index in [-0.39, 0.29) is 11.8 Å². The van der Waals surface area contributed by atoms with Crippen LogP contribution in [-0.2, 0) is 11.3 Å². The van der Waals surface area contributed by atoms with Crippen molar-refractivity contribution in [2.45, 2.75) is 13.5 Å². The number of aldehydes is 1. The fourth-order valence-corrected chi connectivity index (χ4v) is 1.23. The summed E-state index contributed by atoms with van der Waals surface area (Å²) in [5.74, 6) is 0.479. The number of hydrogen-bond acceptors (Lipinski definition) is 4. The number of aromatic nitrogens is 2. The smallest absolute Gasteiger partial charge is 0.168 e. The van der Waals surface area contributed by atoms with Crippen molar-refractivity contribution in [3.63, 3.8) is 0 Å². The van der Waals surface area contributed by atoms with E-state index in [0.29, 0.717) is 23.4 Å². The van der Waals surface area contributed by atoms with Crippen LogP contribution in [-0.4, -0.2) is 23.4 Å². The molecule has 0 bridgehead atoms. The van der Waals surface area contributed by atoms with Crippen molar-refractivity contribution in [3.05, 3.63) is 22.2 Å². The third kappa shape index (κ3) is 2.23. The molecule has 0 radical (unpaired) electrons. The van der Waals surface area contributed by atoms with Gasteiger partial charge in [0.2, 0.25) is 0 Å². The Morgan fingerprint density at radius 3 is 2.77 bits per heavy atom. The summed E-state index contributed by atoms with van der Waals surface area (Å²) in [4.78, 5) is 18.4. The molecule has 5 heteroatoms. The van der Waals surface area contributed by atoms with Crippen molar-refractivity contribution in [2.75, 3.05) is 7.11 Å². The number of halogens is 1. The highest BCUT2D eigenvalue weighted by Crippen LogP contribution is 2.16. The van der Waals surface area contributed by atoms with Gasteiger partial charge in [0, 0.05) is 12.7 Å². The normalized spacial score (nSPS) is 10.1. The lowest BCUT2D eigenvalue weighted by molar-refractivity contribution is 0.111. The predicted molar refractivity (Wildman–Crippen MR) is 47.9 cm³/mol. The van der Waals surface area contributed by atoms with E-state index in [1.807, 2.05) is 0 Å². The van der Waals surface area contributed by atoms with E-state index in [2.05, 4.69) is 9.97 Å². The topological polar surface area (TPSA) is 52.1 Å². The minimum Gasteiger partial charge on any atom is -0.380 e. The quantitative estimate of drug-likeness (QED) is 0.547. The van der Waals surface area contributed by atoms with Crippen LogP contribution in [0.25, 0.3) is 0 Å². The third-order valence-electron chi connectivity index (χ3n) is 1.50. The zero-order valence-electron chi connectivity index (χ0n) is 7.37. The van der Waals surface area contributed by atoms with Crippen LogP contribution in [0.3, 0.4) is 0 Å². The van der Waals surface area contributed by atoms with Gasteiger partial charge < -0.3 is 4.74 Å². The van der Waals surface area contributed by atoms with Gasteiger partial charge in [-0.25, -0.2) is 9.97 Å². The van der Waals surface area contributed by atoms with E-state index in [0.717, 1.165) is 0 Å². The Labute approximate surface area is 80.9 Å². The number of rotatable bonds is 3. The number of hydrogen-bond donors (Lipinski definition) is 0. The lowest BCUT2D eigenvalue weighted by Crippen LogP contribution is -2.03. The zero-order chi connectivity index (χ0) is 9.84. The van der Waals surface area contributed by atoms with Crippen LogP contribution < -0.4 is 0 Å². The Hall–Kier alpha value is -1.00. The molecule has 1 rings (SSSR count). The Morgan fingerprint density at radius 2 is 2.23 bits per heavy atom. The summed E-state index contributed by atoms with van der Waals surface area (Å²) < 4.78 is 4.87. The molecule has 0 N–H and O–H groups in total. The van der Waals surface area contributed by atoms with Gasteiger partial charge in [-0.1, -0.05) is 11.6 Å². The molecule has 0 fully saturated rings. The Kier molecular flexibility index (Phi) is 3.33. The molecule has 1 aromatic heterocycles. The van der Waals surface area contributed by atoms with Gasteiger partial charge in [0.25, 0.3) is 0 Å². The highest BCUT2D eigenvalue weighted by molar-refractivity contribution is 6.30. The van der Waals surface area contributed by atoms with Crippen molar-refractivity contribution >= 4 is 17.9 Å². The Morgan fingerprint density at radius 1 is 1.54 bits per heavy atom. The van der Waals surface area contributed by atoms with Crippen LogP contribution in [0.5, 0.6) is 0 Å². The first kappa shape index (κ1) is 10.1. The third-order valence-corrected chi connectivity index (χ3v) is 1.81. The lowest BCUT2D eigenvalue weighted by atomic mass is 10.2.